The van der Waals surface area contributed by atoms with Crippen molar-refractivity contribution in [1.29, 1.82) is 0 Å². The molecular formula is C10H11F3N2O2S2. The first-order chi connectivity index (χ1) is 8.81. The molecule has 0 bridgehead atoms. The van der Waals surface area contributed by atoms with E-state index in [2.05, 4.69) is 10.3 Å². The summed E-state index contributed by atoms with van der Waals surface area (Å²) < 4.78 is 37.0. The number of thiazole rings is 1. The second-order valence-electron chi connectivity index (χ2n) is 4.14. The van der Waals surface area contributed by atoms with Gasteiger partial charge >= 0.3 is 6.18 Å². The molecule has 1 saturated heterocycles. The molecule has 0 saturated carbocycles. The van der Waals surface area contributed by atoms with Crippen LogP contribution in [-0.2, 0) is 17.5 Å². The van der Waals surface area contributed by atoms with Crippen LogP contribution in [0.3, 0.4) is 0 Å². The Bertz CT molecular complexity index is 470. The van der Waals surface area contributed by atoms with Crippen molar-refractivity contribution in [2.24, 2.45) is 0 Å². The van der Waals surface area contributed by atoms with Crippen molar-refractivity contribution < 1.29 is 23.1 Å². The fourth-order valence-corrected chi connectivity index (χ4v) is 3.56. The molecule has 0 aliphatic carbocycles. The van der Waals surface area contributed by atoms with E-state index in [4.69, 9.17) is 0 Å². The topological polar surface area (TPSA) is 62.2 Å². The summed E-state index contributed by atoms with van der Waals surface area (Å²) in [5, 5.41) is 13.4. The molecule has 19 heavy (non-hydrogen) atoms. The minimum absolute atomic E-state index is 0.105. The Morgan fingerprint density at radius 1 is 1.58 bits per heavy atom. The Morgan fingerprint density at radius 2 is 2.32 bits per heavy atom. The minimum atomic E-state index is -4.47. The van der Waals surface area contributed by atoms with Gasteiger partial charge in [-0.05, 0) is 12.2 Å². The van der Waals surface area contributed by atoms with Crippen LogP contribution in [0.4, 0.5) is 13.2 Å². The van der Waals surface area contributed by atoms with Crippen LogP contribution in [0.1, 0.15) is 17.1 Å². The molecule has 0 radical (unpaired) electrons. The van der Waals surface area contributed by atoms with E-state index >= 15 is 0 Å². The first kappa shape index (κ1) is 14.6. The number of hydrogen-bond donors (Lipinski definition) is 2. The normalized spacial score (nSPS) is 23.6. The van der Waals surface area contributed by atoms with E-state index < -0.39 is 23.4 Å². The molecule has 1 unspecified atom stereocenters. The average molecular weight is 312 g/mol. The van der Waals surface area contributed by atoms with E-state index in [1.54, 1.807) is 0 Å². The summed E-state index contributed by atoms with van der Waals surface area (Å²) in [4.78, 5) is 15.1. The second kappa shape index (κ2) is 5.29. The highest BCUT2D eigenvalue weighted by atomic mass is 32.2. The predicted octanol–water partition coefficient (Wildman–Crippen LogP) is 1.65. The van der Waals surface area contributed by atoms with Crippen LogP contribution in [0, 0.1) is 0 Å². The van der Waals surface area contributed by atoms with Crippen molar-refractivity contribution >= 4 is 29.0 Å². The zero-order valence-electron chi connectivity index (χ0n) is 9.66. The van der Waals surface area contributed by atoms with Crippen LogP contribution >= 0.6 is 23.1 Å². The maximum absolute atomic E-state index is 12.3. The number of rotatable bonds is 3. The summed E-state index contributed by atoms with van der Waals surface area (Å²) in [6, 6.07) is 0. The number of thioether (sulfide) groups is 1. The number of alkyl halides is 3. The molecule has 4 nitrogen and oxygen atoms in total. The van der Waals surface area contributed by atoms with E-state index in [9.17, 15) is 23.1 Å². The third kappa shape index (κ3) is 3.40. The van der Waals surface area contributed by atoms with Crippen molar-refractivity contribution in [2.75, 3.05) is 11.5 Å². The molecule has 2 heterocycles. The first-order valence-corrected chi connectivity index (χ1v) is 7.45. The van der Waals surface area contributed by atoms with E-state index in [1.165, 1.54) is 11.8 Å². The third-order valence-electron chi connectivity index (χ3n) is 2.67. The predicted molar refractivity (Wildman–Crippen MR) is 65.9 cm³/mol. The van der Waals surface area contributed by atoms with Gasteiger partial charge in [-0.15, -0.1) is 11.3 Å². The molecule has 1 atom stereocenters. The summed E-state index contributed by atoms with van der Waals surface area (Å²) in [5.74, 6) is 0.449. The van der Waals surface area contributed by atoms with Gasteiger partial charge in [0.15, 0.2) is 11.3 Å². The molecule has 1 fully saturated rings. The Labute approximate surface area is 115 Å². The van der Waals surface area contributed by atoms with Crippen molar-refractivity contribution in [3.63, 3.8) is 0 Å². The lowest BCUT2D eigenvalue weighted by atomic mass is 10.0. The third-order valence-corrected chi connectivity index (χ3v) is 4.69. The maximum atomic E-state index is 12.3. The van der Waals surface area contributed by atoms with Crippen molar-refractivity contribution in [2.45, 2.75) is 24.7 Å². The van der Waals surface area contributed by atoms with E-state index in [0.29, 0.717) is 17.9 Å². The molecule has 2 rings (SSSR count). The largest absolute Gasteiger partial charge is 0.434 e. The molecule has 9 heteroatoms. The molecule has 1 amide bonds. The number of aromatic nitrogens is 1. The van der Waals surface area contributed by atoms with Gasteiger partial charge < -0.3 is 10.4 Å². The van der Waals surface area contributed by atoms with Crippen molar-refractivity contribution in [1.82, 2.24) is 10.3 Å². The van der Waals surface area contributed by atoms with Crippen LogP contribution in [0.25, 0.3) is 0 Å². The summed E-state index contributed by atoms with van der Waals surface area (Å²) in [6.07, 6.45) is -4.12. The number of aliphatic hydroxyl groups is 1. The van der Waals surface area contributed by atoms with Gasteiger partial charge in [0.1, 0.15) is 5.01 Å². The van der Waals surface area contributed by atoms with E-state index in [0.717, 1.165) is 16.7 Å². The Kier molecular flexibility index (Phi) is 4.07. The molecule has 1 aliphatic heterocycles. The molecule has 1 aromatic heterocycles. The van der Waals surface area contributed by atoms with Crippen LogP contribution in [0.15, 0.2) is 5.38 Å². The SMILES string of the molecule is O=C(NCc1nc(C(F)(F)F)cs1)C1(O)CCSC1. The summed E-state index contributed by atoms with van der Waals surface area (Å²) in [5.41, 5.74) is -2.37. The molecular weight excluding hydrogens is 301 g/mol. The monoisotopic (exact) mass is 312 g/mol. The van der Waals surface area contributed by atoms with Crippen LogP contribution < -0.4 is 5.32 Å². The molecule has 106 valence electrons. The minimum Gasteiger partial charge on any atom is -0.379 e. The lowest BCUT2D eigenvalue weighted by Gasteiger charge is -2.19. The van der Waals surface area contributed by atoms with Gasteiger partial charge in [0.2, 0.25) is 0 Å². The Morgan fingerprint density at radius 3 is 2.84 bits per heavy atom. The molecule has 0 aromatic carbocycles. The Hall–Kier alpha value is -0.800. The highest BCUT2D eigenvalue weighted by Gasteiger charge is 2.39. The summed E-state index contributed by atoms with van der Waals surface area (Å²) >= 11 is 2.29. The number of nitrogens with one attached hydrogen (secondary N) is 1. The number of amides is 1. The fraction of sp³-hybridized carbons (Fsp3) is 0.600. The second-order valence-corrected chi connectivity index (χ2v) is 6.19. The van der Waals surface area contributed by atoms with Gasteiger partial charge in [0.25, 0.3) is 5.91 Å². The number of nitrogens with zero attached hydrogens (tertiary/aromatic N) is 1. The zero-order valence-corrected chi connectivity index (χ0v) is 11.3. The smallest absolute Gasteiger partial charge is 0.379 e. The summed E-state index contributed by atoms with van der Waals surface area (Å²) in [7, 11) is 0. The molecule has 1 aromatic rings. The van der Waals surface area contributed by atoms with Gasteiger partial charge in [-0.25, -0.2) is 4.98 Å². The Balaban J connectivity index is 1.92. The van der Waals surface area contributed by atoms with Gasteiger partial charge in [-0.2, -0.15) is 24.9 Å². The standard InChI is InChI=1S/C10H11F3N2O2S2/c11-10(12,13)6-4-19-7(15-6)3-14-8(16)9(17)1-2-18-5-9/h4,17H,1-3,5H2,(H,14,16). The van der Waals surface area contributed by atoms with Crippen molar-refractivity contribution in [3.8, 4) is 0 Å². The lowest BCUT2D eigenvalue weighted by Crippen LogP contribution is -2.46. The number of carbonyl (C=O) groups is 1. The van der Waals surface area contributed by atoms with Gasteiger partial charge in [0.05, 0.1) is 6.54 Å². The fourth-order valence-electron chi connectivity index (χ4n) is 1.58. The van der Waals surface area contributed by atoms with E-state index in [-0.39, 0.29) is 11.6 Å². The lowest BCUT2D eigenvalue weighted by molar-refractivity contribution is -0.140. The van der Waals surface area contributed by atoms with Crippen LogP contribution in [-0.4, -0.2) is 33.1 Å². The average Bonchev–Trinajstić information content (AvgIpc) is 2.94. The number of halogens is 3. The zero-order chi connectivity index (χ0) is 14.1. The van der Waals surface area contributed by atoms with Gasteiger partial charge in [0, 0.05) is 11.1 Å². The molecule has 1 aliphatic rings. The highest BCUT2D eigenvalue weighted by Crippen LogP contribution is 2.30. The first-order valence-electron chi connectivity index (χ1n) is 5.41. The van der Waals surface area contributed by atoms with Gasteiger partial charge in [-0.1, -0.05) is 0 Å². The number of carbonyl (C=O) groups excluding carboxylic acids is 1. The molecule has 0 spiro atoms. The maximum Gasteiger partial charge on any atom is 0.434 e. The van der Waals surface area contributed by atoms with E-state index in [1.807, 2.05) is 0 Å². The van der Waals surface area contributed by atoms with Crippen LogP contribution in [0.2, 0.25) is 0 Å². The summed E-state index contributed by atoms with van der Waals surface area (Å²) in [6.45, 7) is -0.105. The highest BCUT2D eigenvalue weighted by molar-refractivity contribution is 7.99. The number of hydrogen-bond acceptors (Lipinski definition) is 5. The molecule has 2 N–H and O–H groups in total. The quantitative estimate of drug-likeness (QED) is 0.891. The van der Waals surface area contributed by atoms with Crippen LogP contribution in [0.5, 0.6) is 0 Å². The van der Waals surface area contributed by atoms with Gasteiger partial charge in [-0.3, -0.25) is 4.79 Å². The van der Waals surface area contributed by atoms with Crippen molar-refractivity contribution in [3.05, 3.63) is 16.1 Å².